The van der Waals surface area contributed by atoms with Crippen LogP contribution < -0.4 is 0 Å². The molecule has 0 saturated carbocycles. The van der Waals surface area contributed by atoms with Gasteiger partial charge in [-0.3, -0.25) is 4.79 Å². The van der Waals surface area contributed by atoms with Gasteiger partial charge in [0.2, 0.25) is 0 Å². The second-order valence-electron chi connectivity index (χ2n) is 3.76. The Morgan fingerprint density at radius 1 is 1.56 bits per heavy atom. The van der Waals surface area contributed by atoms with Crippen LogP contribution in [-0.2, 0) is 33.7 Å². The maximum atomic E-state index is 13.3. The summed E-state index contributed by atoms with van der Waals surface area (Å²) in [5.41, 5.74) is 2.53. The summed E-state index contributed by atoms with van der Waals surface area (Å²) < 4.78 is 23.2. The van der Waals surface area contributed by atoms with Gasteiger partial charge in [-0.05, 0) is 35.2 Å². The molecule has 3 nitrogen and oxygen atoms in total. The van der Waals surface area contributed by atoms with Crippen LogP contribution in [0.3, 0.4) is 0 Å². The van der Waals surface area contributed by atoms with Gasteiger partial charge in [-0.25, -0.2) is 4.39 Å². The van der Waals surface area contributed by atoms with Crippen molar-refractivity contribution in [1.82, 2.24) is 0 Å². The molecule has 0 spiro atoms. The van der Waals surface area contributed by atoms with Crippen molar-refractivity contribution in [2.45, 2.75) is 19.4 Å². The van der Waals surface area contributed by atoms with Crippen molar-refractivity contribution < 1.29 is 18.7 Å². The topological polar surface area (TPSA) is 35.5 Å². The first-order valence-electron chi connectivity index (χ1n) is 5.15. The molecular weight excluding hydrogens is 211 g/mol. The lowest BCUT2D eigenvalue weighted by Crippen LogP contribution is -2.15. The summed E-state index contributed by atoms with van der Waals surface area (Å²) >= 11 is 0. The molecule has 0 radical (unpaired) electrons. The van der Waals surface area contributed by atoms with E-state index in [1.165, 1.54) is 19.2 Å². The molecule has 1 aromatic rings. The quantitative estimate of drug-likeness (QED) is 0.716. The second-order valence-corrected chi connectivity index (χ2v) is 3.76. The number of methoxy groups -OCH3 is 1. The van der Waals surface area contributed by atoms with Gasteiger partial charge in [0.1, 0.15) is 5.82 Å². The molecule has 2 rings (SSSR count). The fourth-order valence-corrected chi connectivity index (χ4v) is 1.91. The molecular formula is C12H13FO3. The number of halogens is 1. The Morgan fingerprint density at radius 2 is 2.38 bits per heavy atom. The average molecular weight is 224 g/mol. The molecule has 1 aromatic carbocycles. The number of hydrogen-bond acceptors (Lipinski definition) is 3. The first kappa shape index (κ1) is 11.1. The van der Waals surface area contributed by atoms with Crippen LogP contribution in [0, 0.1) is 5.82 Å². The van der Waals surface area contributed by atoms with E-state index in [4.69, 9.17) is 4.74 Å². The first-order valence-corrected chi connectivity index (χ1v) is 5.15. The maximum absolute atomic E-state index is 13.3. The predicted molar refractivity (Wildman–Crippen MR) is 55.5 cm³/mol. The Labute approximate surface area is 93.2 Å². The van der Waals surface area contributed by atoms with Gasteiger partial charge in [0, 0.05) is 0 Å². The zero-order valence-corrected chi connectivity index (χ0v) is 9.09. The number of carbonyl (C=O) groups excluding carboxylic acids is 1. The van der Waals surface area contributed by atoms with Crippen LogP contribution in [-0.4, -0.2) is 19.7 Å². The van der Waals surface area contributed by atoms with Gasteiger partial charge < -0.3 is 9.47 Å². The second kappa shape index (κ2) is 4.61. The van der Waals surface area contributed by atoms with E-state index in [2.05, 4.69) is 4.74 Å². The van der Waals surface area contributed by atoms with Crippen LogP contribution in [0.15, 0.2) is 12.1 Å². The van der Waals surface area contributed by atoms with Crippen LogP contribution >= 0.6 is 0 Å². The van der Waals surface area contributed by atoms with E-state index in [-0.39, 0.29) is 18.2 Å². The number of benzene rings is 1. The minimum Gasteiger partial charge on any atom is -0.469 e. The van der Waals surface area contributed by atoms with E-state index < -0.39 is 0 Å². The van der Waals surface area contributed by atoms with E-state index in [0.717, 1.165) is 11.1 Å². The van der Waals surface area contributed by atoms with Crippen molar-refractivity contribution in [3.8, 4) is 0 Å². The normalized spacial score (nSPS) is 14.4. The summed E-state index contributed by atoms with van der Waals surface area (Å²) in [6.45, 7) is 1.05. The third kappa shape index (κ3) is 2.22. The van der Waals surface area contributed by atoms with Crippen molar-refractivity contribution in [1.29, 1.82) is 0 Å². The molecule has 1 aliphatic rings. The Hall–Kier alpha value is -1.42. The van der Waals surface area contributed by atoms with E-state index in [1.54, 1.807) is 0 Å². The maximum Gasteiger partial charge on any atom is 0.309 e. The van der Waals surface area contributed by atoms with Crippen molar-refractivity contribution in [2.24, 2.45) is 0 Å². The summed E-state index contributed by atoms with van der Waals surface area (Å²) in [7, 11) is 1.32. The van der Waals surface area contributed by atoms with Crippen molar-refractivity contribution in [2.75, 3.05) is 13.7 Å². The largest absolute Gasteiger partial charge is 0.469 e. The Balaban J connectivity index is 2.35. The fraction of sp³-hybridized carbons (Fsp3) is 0.417. The standard InChI is InChI=1S/C12H13FO3/c1-15-12(14)6-9-5-10(13)4-8-2-3-16-7-11(8)9/h4-5H,2-3,6-7H2,1H3. The van der Waals surface area contributed by atoms with Crippen LogP contribution in [0.2, 0.25) is 0 Å². The van der Waals surface area contributed by atoms with Crippen LogP contribution in [0.25, 0.3) is 0 Å². The zero-order chi connectivity index (χ0) is 11.5. The Kier molecular flexibility index (Phi) is 3.19. The summed E-state index contributed by atoms with van der Waals surface area (Å²) in [6, 6.07) is 2.89. The third-order valence-corrected chi connectivity index (χ3v) is 2.72. The number of esters is 1. The van der Waals surface area contributed by atoms with Gasteiger partial charge in [-0.15, -0.1) is 0 Å². The summed E-state index contributed by atoms with van der Waals surface area (Å²) in [5.74, 6) is -0.669. The minimum atomic E-state index is -0.363. The molecule has 16 heavy (non-hydrogen) atoms. The number of ether oxygens (including phenoxy) is 2. The molecule has 0 atom stereocenters. The van der Waals surface area contributed by atoms with E-state index in [0.29, 0.717) is 25.2 Å². The number of carbonyl (C=O) groups is 1. The Morgan fingerprint density at radius 3 is 3.12 bits per heavy atom. The predicted octanol–water partition coefficient (Wildman–Crippen LogP) is 1.61. The highest BCUT2D eigenvalue weighted by Crippen LogP contribution is 2.23. The van der Waals surface area contributed by atoms with Crippen LogP contribution in [0.4, 0.5) is 4.39 Å². The van der Waals surface area contributed by atoms with E-state index >= 15 is 0 Å². The van der Waals surface area contributed by atoms with Crippen LogP contribution in [0.5, 0.6) is 0 Å². The lowest BCUT2D eigenvalue weighted by atomic mass is 9.96. The fourth-order valence-electron chi connectivity index (χ4n) is 1.91. The molecule has 0 fully saturated rings. The van der Waals surface area contributed by atoms with E-state index in [1.807, 2.05) is 0 Å². The molecule has 4 heteroatoms. The van der Waals surface area contributed by atoms with Crippen molar-refractivity contribution in [3.63, 3.8) is 0 Å². The Bertz CT molecular complexity index is 415. The van der Waals surface area contributed by atoms with Gasteiger partial charge in [0.15, 0.2) is 0 Å². The molecule has 1 aliphatic heterocycles. The van der Waals surface area contributed by atoms with Gasteiger partial charge >= 0.3 is 5.97 Å². The minimum absolute atomic E-state index is 0.0972. The lowest BCUT2D eigenvalue weighted by Gasteiger charge is -2.19. The first-order chi connectivity index (χ1) is 7.70. The highest BCUT2D eigenvalue weighted by atomic mass is 19.1. The molecule has 0 N–H and O–H groups in total. The molecule has 0 unspecified atom stereocenters. The molecule has 0 aliphatic carbocycles. The van der Waals surface area contributed by atoms with Gasteiger partial charge in [0.05, 0.1) is 26.7 Å². The summed E-state index contributed by atoms with van der Waals surface area (Å²) in [4.78, 5) is 11.2. The molecule has 0 saturated heterocycles. The number of rotatable bonds is 2. The number of fused-ring (bicyclic) bond motifs is 1. The van der Waals surface area contributed by atoms with Crippen molar-refractivity contribution in [3.05, 3.63) is 34.6 Å². The average Bonchev–Trinajstić information content (AvgIpc) is 2.28. The molecule has 0 aromatic heterocycles. The van der Waals surface area contributed by atoms with Gasteiger partial charge in [0.25, 0.3) is 0 Å². The summed E-state index contributed by atoms with van der Waals surface area (Å²) in [6.07, 6.45) is 0.793. The molecule has 0 bridgehead atoms. The van der Waals surface area contributed by atoms with E-state index in [9.17, 15) is 9.18 Å². The highest BCUT2D eigenvalue weighted by molar-refractivity contribution is 5.73. The third-order valence-electron chi connectivity index (χ3n) is 2.72. The smallest absolute Gasteiger partial charge is 0.309 e. The molecule has 1 heterocycles. The summed E-state index contributed by atoms with van der Waals surface area (Å²) in [5, 5.41) is 0. The lowest BCUT2D eigenvalue weighted by molar-refractivity contribution is -0.139. The molecule has 0 amide bonds. The van der Waals surface area contributed by atoms with Gasteiger partial charge in [-0.1, -0.05) is 0 Å². The van der Waals surface area contributed by atoms with Crippen LogP contribution in [0.1, 0.15) is 16.7 Å². The monoisotopic (exact) mass is 224 g/mol. The van der Waals surface area contributed by atoms with Crippen molar-refractivity contribution >= 4 is 5.97 Å². The molecule has 86 valence electrons. The number of hydrogen-bond donors (Lipinski definition) is 0. The zero-order valence-electron chi connectivity index (χ0n) is 9.09. The van der Waals surface area contributed by atoms with Gasteiger partial charge in [-0.2, -0.15) is 0 Å². The highest BCUT2D eigenvalue weighted by Gasteiger charge is 2.17. The SMILES string of the molecule is COC(=O)Cc1cc(F)cc2c1COCC2.